The molecular weight excluding hydrogens is 364 g/mol. The van der Waals surface area contributed by atoms with E-state index in [1.807, 2.05) is 31.2 Å². The number of carbonyl (C=O) groups is 1. The predicted molar refractivity (Wildman–Crippen MR) is 105 cm³/mol. The van der Waals surface area contributed by atoms with Gasteiger partial charge in [-0.25, -0.2) is 13.4 Å². The second-order valence-electron chi connectivity index (χ2n) is 6.75. The van der Waals surface area contributed by atoms with Crippen LogP contribution in [-0.2, 0) is 14.8 Å². The van der Waals surface area contributed by atoms with Crippen molar-refractivity contribution >= 4 is 32.9 Å². The Labute approximate surface area is 158 Å². The average Bonchev–Trinajstić information content (AvgIpc) is 3.02. The number of imidazole rings is 1. The first-order valence-electron chi connectivity index (χ1n) is 8.61. The van der Waals surface area contributed by atoms with E-state index in [4.69, 9.17) is 0 Å². The van der Waals surface area contributed by atoms with Crippen molar-refractivity contribution in [1.82, 2.24) is 14.7 Å². The van der Waals surface area contributed by atoms with Crippen LogP contribution in [0.25, 0.3) is 11.0 Å². The van der Waals surface area contributed by atoms with Crippen LogP contribution < -0.4 is 10.0 Å². The van der Waals surface area contributed by atoms with Crippen molar-refractivity contribution in [1.29, 1.82) is 0 Å². The maximum atomic E-state index is 12.7. The van der Waals surface area contributed by atoms with Crippen LogP contribution in [0.5, 0.6) is 0 Å². The molecule has 1 atom stereocenters. The lowest BCUT2D eigenvalue weighted by Gasteiger charge is -2.21. The maximum Gasteiger partial charge on any atom is 0.245 e. The van der Waals surface area contributed by atoms with E-state index < -0.39 is 22.0 Å². The number of fused-ring (bicyclic) bond motifs is 1. The van der Waals surface area contributed by atoms with E-state index in [1.54, 1.807) is 26.0 Å². The number of aryl methyl sites for hydroxylation is 1. The highest BCUT2D eigenvalue weighted by Gasteiger charge is 2.29. The number of nitrogens with zero attached hydrogens (tertiary/aromatic N) is 1. The number of para-hydroxylation sites is 2. The molecule has 0 aliphatic heterocycles. The molecule has 8 heteroatoms. The highest BCUT2D eigenvalue weighted by Crippen LogP contribution is 2.16. The zero-order valence-electron chi connectivity index (χ0n) is 15.4. The molecule has 3 N–H and O–H groups in total. The molecule has 0 bridgehead atoms. The van der Waals surface area contributed by atoms with Crippen LogP contribution in [0, 0.1) is 12.8 Å². The molecule has 0 saturated carbocycles. The Hall–Kier alpha value is -2.71. The summed E-state index contributed by atoms with van der Waals surface area (Å²) in [7, 11) is -3.82. The summed E-state index contributed by atoms with van der Waals surface area (Å²) in [6, 6.07) is 12.9. The molecule has 0 unspecified atom stereocenters. The quantitative estimate of drug-likeness (QED) is 0.606. The highest BCUT2D eigenvalue weighted by atomic mass is 32.2. The minimum Gasteiger partial charge on any atom is -0.324 e. The first kappa shape index (κ1) is 19.1. The molecule has 0 saturated heterocycles. The molecule has 0 aliphatic carbocycles. The second-order valence-corrected chi connectivity index (χ2v) is 8.46. The number of carbonyl (C=O) groups excluding carboxylic acids is 1. The Morgan fingerprint density at radius 1 is 1.07 bits per heavy atom. The van der Waals surface area contributed by atoms with Gasteiger partial charge in [-0.1, -0.05) is 43.7 Å². The van der Waals surface area contributed by atoms with Gasteiger partial charge in [-0.3, -0.25) is 10.1 Å². The highest BCUT2D eigenvalue weighted by molar-refractivity contribution is 7.89. The minimum absolute atomic E-state index is 0.121. The van der Waals surface area contributed by atoms with Gasteiger partial charge in [-0.2, -0.15) is 4.72 Å². The average molecular weight is 386 g/mol. The van der Waals surface area contributed by atoms with Gasteiger partial charge in [0.1, 0.15) is 6.04 Å². The lowest BCUT2D eigenvalue weighted by Crippen LogP contribution is -2.47. The Bertz CT molecular complexity index is 1020. The summed E-state index contributed by atoms with van der Waals surface area (Å²) in [5.74, 6) is -0.448. The molecule has 0 fully saturated rings. The van der Waals surface area contributed by atoms with Gasteiger partial charge in [0.05, 0.1) is 15.9 Å². The number of aromatic amines is 1. The molecule has 3 aromatic rings. The molecule has 1 aromatic heterocycles. The summed E-state index contributed by atoms with van der Waals surface area (Å²) in [5, 5.41) is 2.66. The van der Waals surface area contributed by atoms with Gasteiger partial charge in [-0.05, 0) is 37.1 Å². The van der Waals surface area contributed by atoms with Crippen molar-refractivity contribution in [2.24, 2.45) is 5.92 Å². The fourth-order valence-electron chi connectivity index (χ4n) is 2.65. The van der Waals surface area contributed by atoms with Gasteiger partial charge in [0.2, 0.25) is 21.9 Å². The van der Waals surface area contributed by atoms with Gasteiger partial charge in [-0.15, -0.1) is 0 Å². The van der Waals surface area contributed by atoms with E-state index in [9.17, 15) is 13.2 Å². The molecule has 1 amide bonds. The van der Waals surface area contributed by atoms with Crippen LogP contribution in [0.2, 0.25) is 0 Å². The number of hydrogen-bond acceptors (Lipinski definition) is 4. The third-order valence-electron chi connectivity index (χ3n) is 4.19. The van der Waals surface area contributed by atoms with Crippen LogP contribution >= 0.6 is 0 Å². The van der Waals surface area contributed by atoms with Crippen molar-refractivity contribution in [3.8, 4) is 0 Å². The number of benzene rings is 2. The van der Waals surface area contributed by atoms with Crippen LogP contribution in [0.1, 0.15) is 19.4 Å². The van der Waals surface area contributed by atoms with Crippen molar-refractivity contribution < 1.29 is 13.2 Å². The normalized spacial score (nSPS) is 13.0. The van der Waals surface area contributed by atoms with Crippen LogP contribution in [0.4, 0.5) is 5.95 Å². The van der Waals surface area contributed by atoms with Gasteiger partial charge in [0.25, 0.3) is 0 Å². The zero-order chi connectivity index (χ0) is 19.6. The van der Waals surface area contributed by atoms with E-state index >= 15 is 0 Å². The van der Waals surface area contributed by atoms with Gasteiger partial charge < -0.3 is 4.98 Å². The summed E-state index contributed by atoms with van der Waals surface area (Å²) in [4.78, 5) is 20.1. The number of rotatable bonds is 6. The lowest BCUT2D eigenvalue weighted by molar-refractivity contribution is -0.118. The summed E-state index contributed by atoms with van der Waals surface area (Å²) >= 11 is 0. The van der Waals surface area contributed by atoms with E-state index in [-0.39, 0.29) is 16.8 Å². The lowest BCUT2D eigenvalue weighted by atomic mass is 10.1. The Morgan fingerprint density at radius 3 is 2.37 bits per heavy atom. The SMILES string of the molecule is Cc1ccc(S(=O)(=O)N[C@H](C(=O)Nc2nc3ccccc3[nH]2)C(C)C)cc1. The van der Waals surface area contributed by atoms with E-state index in [0.717, 1.165) is 11.1 Å². The molecule has 0 aliphatic rings. The standard InChI is InChI=1S/C19H22N4O3S/c1-12(2)17(23-27(25,26)14-10-8-13(3)9-11-14)18(24)22-19-20-15-6-4-5-7-16(15)21-19/h4-12,17,23H,1-3H3,(H2,20,21,22,24)/t17-/m0/s1. The van der Waals surface area contributed by atoms with Gasteiger partial charge in [0, 0.05) is 0 Å². The number of hydrogen-bond donors (Lipinski definition) is 3. The van der Waals surface area contributed by atoms with Crippen LogP contribution in [-0.4, -0.2) is 30.3 Å². The third kappa shape index (κ3) is 4.35. The molecule has 2 aromatic carbocycles. The summed E-state index contributed by atoms with van der Waals surface area (Å²) in [6.07, 6.45) is 0. The summed E-state index contributed by atoms with van der Waals surface area (Å²) in [6.45, 7) is 5.43. The number of amides is 1. The number of nitrogens with one attached hydrogen (secondary N) is 3. The topological polar surface area (TPSA) is 104 Å². The van der Waals surface area contributed by atoms with E-state index in [1.165, 1.54) is 12.1 Å². The Kier molecular flexibility index (Phi) is 5.29. The molecular formula is C19H22N4O3S. The molecule has 3 rings (SSSR count). The fraction of sp³-hybridized carbons (Fsp3) is 0.263. The molecule has 142 valence electrons. The van der Waals surface area contributed by atoms with Crippen LogP contribution in [0.3, 0.4) is 0 Å². The third-order valence-corrected chi connectivity index (χ3v) is 5.65. The van der Waals surface area contributed by atoms with E-state index in [0.29, 0.717) is 5.52 Å². The minimum atomic E-state index is -3.82. The van der Waals surface area contributed by atoms with Crippen LogP contribution in [0.15, 0.2) is 53.4 Å². The molecule has 27 heavy (non-hydrogen) atoms. The monoisotopic (exact) mass is 386 g/mol. The molecule has 0 radical (unpaired) electrons. The predicted octanol–water partition coefficient (Wildman–Crippen LogP) is 2.81. The smallest absolute Gasteiger partial charge is 0.245 e. The molecule has 1 heterocycles. The number of sulfonamides is 1. The van der Waals surface area contributed by atoms with Gasteiger partial charge >= 0.3 is 0 Å². The van der Waals surface area contributed by atoms with Crippen molar-refractivity contribution in [3.63, 3.8) is 0 Å². The number of aromatic nitrogens is 2. The fourth-order valence-corrected chi connectivity index (χ4v) is 4.00. The second kappa shape index (κ2) is 7.50. The summed E-state index contributed by atoms with van der Waals surface area (Å²) < 4.78 is 27.8. The zero-order valence-corrected chi connectivity index (χ0v) is 16.2. The van der Waals surface area contributed by atoms with E-state index in [2.05, 4.69) is 20.0 Å². The Balaban J connectivity index is 1.79. The summed E-state index contributed by atoms with van der Waals surface area (Å²) in [5.41, 5.74) is 2.46. The van der Waals surface area contributed by atoms with Gasteiger partial charge in [0.15, 0.2) is 0 Å². The Morgan fingerprint density at radius 2 is 1.74 bits per heavy atom. The first-order valence-corrected chi connectivity index (χ1v) is 10.1. The van der Waals surface area contributed by atoms with Crippen molar-refractivity contribution in [3.05, 3.63) is 54.1 Å². The molecule has 0 spiro atoms. The number of H-pyrrole nitrogens is 1. The van der Waals surface area contributed by atoms with Crippen molar-refractivity contribution in [2.45, 2.75) is 31.7 Å². The maximum absolute atomic E-state index is 12.7. The number of anilines is 1. The molecule has 7 nitrogen and oxygen atoms in total. The van der Waals surface area contributed by atoms with Crippen molar-refractivity contribution in [2.75, 3.05) is 5.32 Å². The first-order chi connectivity index (χ1) is 12.8. The largest absolute Gasteiger partial charge is 0.324 e.